The number of nitrogens with one attached hydrogen (secondary N) is 2. The smallest absolute Gasteiger partial charge is 0.259 e. The SMILES string of the molecule is O=C(Nc1ccc(F)c(Cl)c1)c1cccnc1Nc1ccccc1Br. The van der Waals surface area contributed by atoms with Gasteiger partial charge in [0.1, 0.15) is 11.6 Å². The van der Waals surface area contributed by atoms with Gasteiger partial charge in [-0.25, -0.2) is 9.37 Å². The van der Waals surface area contributed by atoms with Crippen LogP contribution >= 0.6 is 27.5 Å². The van der Waals surface area contributed by atoms with Crippen LogP contribution in [0.4, 0.5) is 21.6 Å². The van der Waals surface area contributed by atoms with Crippen molar-refractivity contribution in [3.05, 3.63) is 81.7 Å². The second-order valence-corrected chi connectivity index (χ2v) is 6.35. The average Bonchev–Trinajstić information content (AvgIpc) is 2.60. The van der Waals surface area contributed by atoms with Crippen molar-refractivity contribution in [1.29, 1.82) is 0 Å². The van der Waals surface area contributed by atoms with Crippen LogP contribution in [0.15, 0.2) is 65.3 Å². The van der Waals surface area contributed by atoms with Gasteiger partial charge in [0.05, 0.1) is 16.3 Å². The number of pyridine rings is 1. The molecule has 3 aromatic rings. The quantitative estimate of drug-likeness (QED) is 0.575. The molecule has 1 aromatic heterocycles. The summed E-state index contributed by atoms with van der Waals surface area (Å²) in [4.78, 5) is 16.8. The lowest BCUT2D eigenvalue weighted by Gasteiger charge is -2.12. The van der Waals surface area contributed by atoms with Crippen LogP contribution in [-0.2, 0) is 0 Å². The molecule has 2 N–H and O–H groups in total. The molecule has 0 aliphatic heterocycles. The third-order valence-corrected chi connectivity index (χ3v) is 4.34. The summed E-state index contributed by atoms with van der Waals surface area (Å²) in [7, 11) is 0. The Labute approximate surface area is 157 Å². The molecule has 0 unspecified atom stereocenters. The standard InChI is InChI=1S/C18H12BrClFN3O/c19-13-5-1-2-6-16(13)24-17-12(4-3-9-22-17)18(25)23-11-7-8-15(21)14(20)10-11/h1-10H,(H,22,24)(H,23,25). The first-order chi connectivity index (χ1) is 12.0. The highest BCUT2D eigenvalue weighted by atomic mass is 79.9. The minimum atomic E-state index is -0.544. The zero-order chi connectivity index (χ0) is 17.8. The van der Waals surface area contributed by atoms with E-state index in [0.717, 1.165) is 10.2 Å². The second-order valence-electron chi connectivity index (χ2n) is 5.09. The summed E-state index contributed by atoms with van der Waals surface area (Å²) in [6.07, 6.45) is 1.59. The van der Waals surface area contributed by atoms with Crippen LogP contribution in [0.1, 0.15) is 10.4 Å². The van der Waals surface area contributed by atoms with Crippen LogP contribution in [0, 0.1) is 5.82 Å². The number of anilines is 3. The maximum atomic E-state index is 13.2. The molecule has 2 aromatic carbocycles. The second kappa shape index (κ2) is 7.63. The van der Waals surface area contributed by atoms with Gasteiger partial charge < -0.3 is 10.6 Å². The minimum absolute atomic E-state index is 0.0597. The molecule has 0 radical (unpaired) electrons. The van der Waals surface area contributed by atoms with E-state index in [1.54, 1.807) is 18.3 Å². The van der Waals surface area contributed by atoms with Gasteiger partial charge >= 0.3 is 0 Å². The molecule has 0 bridgehead atoms. The third kappa shape index (κ3) is 4.15. The summed E-state index contributed by atoms with van der Waals surface area (Å²) in [5, 5.41) is 5.75. The van der Waals surface area contributed by atoms with Gasteiger partial charge in [0, 0.05) is 16.4 Å². The summed E-state index contributed by atoms with van der Waals surface area (Å²) in [5.41, 5.74) is 1.52. The summed E-state index contributed by atoms with van der Waals surface area (Å²) >= 11 is 9.19. The predicted octanol–water partition coefficient (Wildman–Crippen LogP) is 5.63. The molecule has 25 heavy (non-hydrogen) atoms. The average molecular weight is 421 g/mol. The molecule has 0 spiro atoms. The summed E-state index contributed by atoms with van der Waals surface area (Å²) < 4.78 is 14.1. The van der Waals surface area contributed by atoms with Crippen molar-refractivity contribution >= 4 is 50.6 Å². The highest BCUT2D eigenvalue weighted by Crippen LogP contribution is 2.26. The van der Waals surface area contributed by atoms with Crippen molar-refractivity contribution < 1.29 is 9.18 Å². The fraction of sp³-hybridized carbons (Fsp3) is 0. The van der Waals surface area contributed by atoms with E-state index in [0.29, 0.717) is 17.1 Å². The Kier molecular flexibility index (Phi) is 5.31. The number of nitrogens with zero attached hydrogens (tertiary/aromatic N) is 1. The van der Waals surface area contributed by atoms with E-state index in [-0.39, 0.29) is 10.9 Å². The molecule has 3 rings (SSSR count). The van der Waals surface area contributed by atoms with Crippen molar-refractivity contribution in [3.8, 4) is 0 Å². The van der Waals surface area contributed by atoms with E-state index in [1.165, 1.54) is 18.2 Å². The number of carbonyl (C=O) groups excluding carboxylic acids is 1. The van der Waals surface area contributed by atoms with Crippen LogP contribution in [0.2, 0.25) is 5.02 Å². The largest absolute Gasteiger partial charge is 0.339 e. The lowest BCUT2D eigenvalue weighted by atomic mass is 10.2. The van der Waals surface area contributed by atoms with Crippen molar-refractivity contribution in [2.75, 3.05) is 10.6 Å². The fourth-order valence-electron chi connectivity index (χ4n) is 2.15. The first-order valence-electron chi connectivity index (χ1n) is 7.27. The number of carbonyl (C=O) groups is 1. The molecule has 0 aliphatic carbocycles. The molecule has 0 atom stereocenters. The Bertz CT molecular complexity index is 936. The van der Waals surface area contributed by atoms with Crippen molar-refractivity contribution in [2.45, 2.75) is 0 Å². The summed E-state index contributed by atoms with van der Waals surface area (Å²) in [6, 6.07) is 14.8. The maximum Gasteiger partial charge on any atom is 0.259 e. The van der Waals surface area contributed by atoms with Crippen molar-refractivity contribution in [3.63, 3.8) is 0 Å². The van der Waals surface area contributed by atoms with Gasteiger partial charge in [-0.3, -0.25) is 4.79 Å². The van der Waals surface area contributed by atoms with Gasteiger partial charge in [-0.15, -0.1) is 0 Å². The van der Waals surface area contributed by atoms with Crippen LogP contribution in [-0.4, -0.2) is 10.9 Å². The molecule has 7 heteroatoms. The van der Waals surface area contributed by atoms with Gasteiger partial charge in [0.15, 0.2) is 0 Å². The van der Waals surface area contributed by atoms with E-state index in [4.69, 9.17) is 11.6 Å². The number of aromatic nitrogens is 1. The lowest BCUT2D eigenvalue weighted by molar-refractivity contribution is 0.102. The van der Waals surface area contributed by atoms with Gasteiger partial charge in [0.2, 0.25) is 0 Å². The molecule has 0 aliphatic rings. The first-order valence-corrected chi connectivity index (χ1v) is 8.44. The number of para-hydroxylation sites is 1. The lowest BCUT2D eigenvalue weighted by Crippen LogP contribution is -2.14. The Morgan fingerprint density at radius 2 is 1.92 bits per heavy atom. The van der Waals surface area contributed by atoms with Crippen LogP contribution in [0.3, 0.4) is 0 Å². The van der Waals surface area contributed by atoms with Crippen LogP contribution in [0.5, 0.6) is 0 Å². The molecule has 1 heterocycles. The first kappa shape index (κ1) is 17.4. The monoisotopic (exact) mass is 419 g/mol. The Morgan fingerprint density at radius 1 is 1.12 bits per heavy atom. The molecule has 0 saturated heterocycles. The van der Waals surface area contributed by atoms with Crippen molar-refractivity contribution in [1.82, 2.24) is 4.98 Å². The molecular weight excluding hydrogens is 409 g/mol. The molecule has 126 valence electrons. The molecule has 1 amide bonds. The Balaban J connectivity index is 1.86. The summed E-state index contributed by atoms with van der Waals surface area (Å²) in [5.74, 6) is -0.525. The van der Waals surface area contributed by atoms with Gasteiger partial charge in [-0.2, -0.15) is 0 Å². The highest BCUT2D eigenvalue weighted by Gasteiger charge is 2.14. The number of rotatable bonds is 4. The number of halogens is 3. The number of hydrogen-bond acceptors (Lipinski definition) is 3. The van der Waals surface area contributed by atoms with E-state index in [2.05, 4.69) is 31.5 Å². The number of hydrogen-bond donors (Lipinski definition) is 2. The molecule has 4 nitrogen and oxygen atoms in total. The Hall–Kier alpha value is -2.44. The fourth-order valence-corrected chi connectivity index (χ4v) is 2.72. The maximum absolute atomic E-state index is 13.2. The third-order valence-electron chi connectivity index (χ3n) is 3.36. The molecule has 0 saturated carbocycles. The van der Waals surface area contributed by atoms with Crippen LogP contribution < -0.4 is 10.6 Å². The topological polar surface area (TPSA) is 54.0 Å². The zero-order valence-electron chi connectivity index (χ0n) is 12.8. The predicted molar refractivity (Wildman–Crippen MR) is 101 cm³/mol. The van der Waals surface area contributed by atoms with Crippen LogP contribution in [0.25, 0.3) is 0 Å². The number of benzene rings is 2. The van der Waals surface area contributed by atoms with E-state index in [9.17, 15) is 9.18 Å². The van der Waals surface area contributed by atoms with E-state index >= 15 is 0 Å². The molecule has 0 fully saturated rings. The Morgan fingerprint density at radius 3 is 2.68 bits per heavy atom. The highest BCUT2D eigenvalue weighted by molar-refractivity contribution is 9.10. The summed E-state index contributed by atoms with van der Waals surface area (Å²) in [6.45, 7) is 0. The van der Waals surface area contributed by atoms with E-state index < -0.39 is 5.82 Å². The van der Waals surface area contributed by atoms with E-state index in [1.807, 2.05) is 24.3 Å². The van der Waals surface area contributed by atoms with Gasteiger partial charge in [0.25, 0.3) is 5.91 Å². The van der Waals surface area contributed by atoms with Gasteiger partial charge in [-0.05, 0) is 58.4 Å². The molecular formula is C18H12BrClFN3O. The van der Waals surface area contributed by atoms with Crippen molar-refractivity contribution in [2.24, 2.45) is 0 Å². The van der Waals surface area contributed by atoms with Gasteiger partial charge in [-0.1, -0.05) is 23.7 Å². The minimum Gasteiger partial charge on any atom is -0.339 e. The number of amides is 1. The zero-order valence-corrected chi connectivity index (χ0v) is 15.1. The normalized spacial score (nSPS) is 10.4.